The van der Waals surface area contributed by atoms with Crippen LogP contribution in [0, 0.1) is 18.4 Å². The zero-order chi connectivity index (χ0) is 23.0. The van der Waals surface area contributed by atoms with Crippen LogP contribution in [-0.2, 0) is 18.4 Å². The minimum atomic E-state index is 0.443. The van der Waals surface area contributed by atoms with Crippen molar-refractivity contribution >= 4 is 16.7 Å². The zero-order valence-corrected chi connectivity index (χ0v) is 20.4. The van der Waals surface area contributed by atoms with Gasteiger partial charge < -0.3 is 9.83 Å². The fourth-order valence-electron chi connectivity index (χ4n) is 7.68. The number of aryl methyl sites for hydroxylation is 1. The molecule has 3 nitrogen and oxygen atoms in total. The lowest BCUT2D eigenvalue weighted by Gasteiger charge is -2.47. The number of hydrogen-bond donors (Lipinski definition) is 1. The quantitative estimate of drug-likeness (QED) is 0.393. The molecule has 0 amide bonds. The highest BCUT2D eigenvalue weighted by atomic mass is 15.1. The Kier molecular flexibility index (Phi) is 5.95. The van der Waals surface area contributed by atoms with Crippen molar-refractivity contribution in [2.75, 3.05) is 13.1 Å². The van der Waals surface area contributed by atoms with Crippen molar-refractivity contribution in [2.24, 2.45) is 11.8 Å². The molecule has 1 unspecified atom stereocenters. The normalized spacial score (nSPS) is 24.3. The Bertz CT molecular complexity index is 1190. The molecule has 3 aliphatic rings. The second-order valence-electron chi connectivity index (χ2n) is 11.3. The number of fused-ring (bicyclic) bond motifs is 2. The van der Waals surface area contributed by atoms with Gasteiger partial charge in [0.2, 0.25) is 5.82 Å². The van der Waals surface area contributed by atoms with E-state index in [4.69, 9.17) is 6.57 Å². The molecule has 1 saturated heterocycles. The maximum Gasteiger partial charge on any atom is 0.229 e. The van der Waals surface area contributed by atoms with Gasteiger partial charge in [0.05, 0.1) is 0 Å². The smallest absolute Gasteiger partial charge is 0.229 e. The van der Waals surface area contributed by atoms with E-state index in [2.05, 4.69) is 57.2 Å². The van der Waals surface area contributed by atoms with Gasteiger partial charge in [-0.05, 0) is 117 Å². The number of nitrogens with one attached hydrogen (secondary N) is 1. The fourth-order valence-corrected chi connectivity index (χ4v) is 7.68. The molecule has 1 N–H and O–H groups in total. The van der Waals surface area contributed by atoms with Gasteiger partial charge in [-0.3, -0.25) is 4.90 Å². The highest BCUT2D eigenvalue weighted by Crippen LogP contribution is 2.53. The predicted octanol–water partition coefficient (Wildman–Crippen LogP) is 7.79. The Morgan fingerprint density at radius 3 is 2.62 bits per heavy atom. The molecule has 2 fully saturated rings. The Morgan fingerprint density at radius 1 is 0.971 bits per heavy atom. The average Bonchev–Trinajstić information content (AvgIpc) is 3.56. The monoisotopic (exact) mass is 451 g/mol. The zero-order valence-electron chi connectivity index (χ0n) is 20.4. The van der Waals surface area contributed by atoms with Gasteiger partial charge in [0, 0.05) is 11.9 Å². The van der Waals surface area contributed by atoms with Crippen molar-refractivity contribution in [2.45, 2.75) is 76.2 Å². The molecule has 1 aromatic heterocycles. The summed E-state index contributed by atoms with van der Waals surface area (Å²) >= 11 is 0. The summed E-state index contributed by atoms with van der Waals surface area (Å²) in [5, 5.41) is 1.16. The van der Waals surface area contributed by atoms with E-state index in [1.165, 1.54) is 82.9 Å². The molecule has 2 heterocycles. The third kappa shape index (κ3) is 4.07. The van der Waals surface area contributed by atoms with E-state index < -0.39 is 0 Å². The van der Waals surface area contributed by atoms with Gasteiger partial charge >= 0.3 is 0 Å². The lowest BCUT2D eigenvalue weighted by Crippen LogP contribution is -2.42. The van der Waals surface area contributed by atoms with Crippen LogP contribution in [0.1, 0.15) is 74.5 Å². The molecule has 0 radical (unpaired) electrons. The maximum absolute atomic E-state index is 7.24. The van der Waals surface area contributed by atoms with Crippen molar-refractivity contribution in [3.05, 3.63) is 76.6 Å². The van der Waals surface area contributed by atoms with Gasteiger partial charge in [-0.2, -0.15) is 0 Å². The molecule has 0 bridgehead atoms. The van der Waals surface area contributed by atoms with Crippen LogP contribution in [-0.4, -0.2) is 23.0 Å². The number of aromatic amines is 1. The molecule has 34 heavy (non-hydrogen) atoms. The van der Waals surface area contributed by atoms with E-state index in [1.54, 1.807) is 11.1 Å². The maximum atomic E-state index is 7.24. The van der Waals surface area contributed by atoms with Crippen molar-refractivity contribution in [1.29, 1.82) is 0 Å². The number of nitrogens with zero attached hydrogens (tertiary/aromatic N) is 2. The summed E-state index contributed by atoms with van der Waals surface area (Å²) in [7, 11) is 0. The molecule has 176 valence electrons. The van der Waals surface area contributed by atoms with Crippen LogP contribution in [0.25, 0.3) is 15.7 Å². The molecule has 2 aliphatic carbocycles. The summed E-state index contributed by atoms with van der Waals surface area (Å²) in [5.41, 5.74) is 6.26. The minimum absolute atomic E-state index is 0.443. The second-order valence-corrected chi connectivity index (χ2v) is 11.3. The van der Waals surface area contributed by atoms with Gasteiger partial charge in [-0.1, -0.05) is 49.7 Å². The third-order valence-corrected chi connectivity index (χ3v) is 9.32. The van der Waals surface area contributed by atoms with Crippen LogP contribution >= 0.6 is 0 Å². The van der Waals surface area contributed by atoms with Crippen LogP contribution in [0.4, 0.5) is 5.82 Å². The van der Waals surface area contributed by atoms with Gasteiger partial charge in [0.25, 0.3) is 0 Å². The van der Waals surface area contributed by atoms with Crippen molar-refractivity contribution in [1.82, 2.24) is 9.88 Å². The predicted molar refractivity (Wildman–Crippen MR) is 140 cm³/mol. The average molecular weight is 452 g/mol. The molecule has 1 aliphatic heterocycles. The largest absolute Gasteiger partial charge is 0.364 e. The molecule has 6 rings (SSSR count). The number of piperidine rings is 1. The Morgan fingerprint density at radius 2 is 1.79 bits per heavy atom. The number of hydrogen-bond acceptors (Lipinski definition) is 1. The molecular weight excluding hydrogens is 414 g/mol. The molecule has 1 atom stereocenters. The van der Waals surface area contributed by atoms with Gasteiger partial charge in [-0.15, -0.1) is 0 Å². The topological polar surface area (TPSA) is 23.4 Å². The standard InChI is InChI=1S/C31H37N3/c1-32-30-20-26-19-24(12-13-29(26)33-30)22-34-17-14-23(15-18-34)21-31(27-9-3-4-10-27)16-6-8-25-7-2-5-11-28(25)31/h2,5,7,11-13,19-20,23,27,33H,3-4,6,8-10,14-18,21-22H2. The van der Waals surface area contributed by atoms with E-state index in [0.717, 1.165) is 29.3 Å². The van der Waals surface area contributed by atoms with Crippen LogP contribution in [0.3, 0.4) is 0 Å². The SMILES string of the molecule is [C-]#[N+]c1cc2cc(CN3CCC(CC4(C5CCCC5)CCCc5ccccc54)CC3)ccc2[nH]1. The van der Waals surface area contributed by atoms with E-state index in [1.807, 2.05) is 6.07 Å². The van der Waals surface area contributed by atoms with Gasteiger partial charge in [0.1, 0.15) is 5.52 Å². The number of rotatable bonds is 5. The van der Waals surface area contributed by atoms with Crippen LogP contribution < -0.4 is 0 Å². The molecular formula is C31H37N3. The summed E-state index contributed by atoms with van der Waals surface area (Å²) in [6, 6.07) is 18.1. The Balaban J connectivity index is 1.14. The van der Waals surface area contributed by atoms with Gasteiger partial charge in [0.15, 0.2) is 0 Å². The molecule has 1 saturated carbocycles. The molecule has 3 heteroatoms. The summed E-state index contributed by atoms with van der Waals surface area (Å²) in [5.74, 6) is 2.39. The van der Waals surface area contributed by atoms with Gasteiger partial charge in [-0.25, -0.2) is 0 Å². The third-order valence-electron chi connectivity index (χ3n) is 9.32. The van der Waals surface area contributed by atoms with E-state index in [-0.39, 0.29) is 0 Å². The molecule has 0 spiro atoms. The van der Waals surface area contributed by atoms with Crippen molar-refractivity contribution in [3.63, 3.8) is 0 Å². The molecule has 3 aromatic rings. The lowest BCUT2D eigenvalue weighted by atomic mass is 9.58. The minimum Gasteiger partial charge on any atom is -0.364 e. The summed E-state index contributed by atoms with van der Waals surface area (Å²) < 4.78 is 0. The number of benzene rings is 2. The second kappa shape index (κ2) is 9.23. The number of aromatic nitrogens is 1. The molecule has 2 aromatic carbocycles. The first-order valence-electron chi connectivity index (χ1n) is 13.5. The summed E-state index contributed by atoms with van der Waals surface area (Å²) in [4.78, 5) is 9.38. The summed E-state index contributed by atoms with van der Waals surface area (Å²) in [6.07, 6.45) is 13.9. The fraction of sp³-hybridized carbons (Fsp3) is 0.516. The Hall–Kier alpha value is -2.57. The highest BCUT2D eigenvalue weighted by Gasteiger charge is 2.45. The first kappa shape index (κ1) is 21.9. The van der Waals surface area contributed by atoms with Crippen LogP contribution in [0.2, 0.25) is 0 Å². The van der Waals surface area contributed by atoms with E-state index in [0.29, 0.717) is 11.2 Å². The van der Waals surface area contributed by atoms with Crippen LogP contribution in [0.15, 0.2) is 48.5 Å². The first-order valence-corrected chi connectivity index (χ1v) is 13.5. The summed E-state index contributed by atoms with van der Waals surface area (Å²) in [6.45, 7) is 10.7. The first-order chi connectivity index (χ1) is 16.7. The van der Waals surface area contributed by atoms with E-state index >= 15 is 0 Å². The number of H-pyrrole nitrogens is 1. The Labute approximate surface area is 204 Å². The lowest BCUT2D eigenvalue weighted by molar-refractivity contribution is 0.121. The number of likely N-dealkylation sites (tertiary alicyclic amines) is 1. The van der Waals surface area contributed by atoms with Crippen molar-refractivity contribution < 1.29 is 0 Å². The highest BCUT2D eigenvalue weighted by molar-refractivity contribution is 5.84. The van der Waals surface area contributed by atoms with Crippen LogP contribution in [0.5, 0.6) is 0 Å². The van der Waals surface area contributed by atoms with E-state index in [9.17, 15) is 0 Å². The van der Waals surface area contributed by atoms with Crippen molar-refractivity contribution in [3.8, 4) is 0 Å².